The number of ether oxygens (including phenoxy) is 2. The van der Waals surface area contributed by atoms with Crippen LogP contribution in [-0.2, 0) is 11.3 Å². The van der Waals surface area contributed by atoms with Crippen molar-refractivity contribution in [1.29, 1.82) is 0 Å². The maximum atomic E-state index is 13.8. The molecule has 192 valence electrons. The highest BCUT2D eigenvalue weighted by Crippen LogP contribution is 2.34. The van der Waals surface area contributed by atoms with E-state index in [-0.39, 0.29) is 48.0 Å². The van der Waals surface area contributed by atoms with Crippen LogP contribution in [0.3, 0.4) is 0 Å². The first-order chi connectivity index (χ1) is 16.3. The Hall–Kier alpha value is -2.77. The Labute approximate surface area is 213 Å². The van der Waals surface area contributed by atoms with Gasteiger partial charge in [-0.05, 0) is 66.2 Å². The van der Waals surface area contributed by atoms with Crippen LogP contribution in [0.2, 0.25) is 5.02 Å². The number of hydrogen-bond acceptors (Lipinski definition) is 5. The molecular formula is C27H37ClN2O5. The molecule has 0 aliphatic carbocycles. The first kappa shape index (κ1) is 28.5. The fourth-order valence-corrected chi connectivity index (χ4v) is 3.96. The van der Waals surface area contributed by atoms with Gasteiger partial charge in [0, 0.05) is 22.7 Å². The lowest BCUT2D eigenvalue weighted by Crippen LogP contribution is -2.43. The molecule has 2 rings (SSSR count). The maximum Gasteiger partial charge on any atom is 0.407 e. The number of nitrogens with one attached hydrogen (secondary N) is 1. The molecule has 2 N–H and O–H groups in total. The molecule has 0 aliphatic rings. The number of amides is 2. The van der Waals surface area contributed by atoms with Gasteiger partial charge in [-0.2, -0.15) is 0 Å². The normalized spacial score (nSPS) is 12.4. The first-order valence-electron chi connectivity index (χ1n) is 11.8. The molecule has 0 bridgehead atoms. The molecule has 0 radical (unpaired) electrons. The largest absolute Gasteiger partial charge is 0.488 e. The van der Waals surface area contributed by atoms with Crippen LogP contribution in [0.5, 0.6) is 5.75 Å². The summed E-state index contributed by atoms with van der Waals surface area (Å²) in [6.45, 7) is 13.0. The van der Waals surface area contributed by atoms with Crippen LogP contribution in [0.1, 0.15) is 76.1 Å². The lowest BCUT2D eigenvalue weighted by molar-refractivity contribution is 0.0491. The number of aliphatic hydroxyl groups excluding tert-OH is 1. The van der Waals surface area contributed by atoms with E-state index < -0.39 is 17.8 Å². The molecule has 8 heteroatoms. The van der Waals surface area contributed by atoms with Gasteiger partial charge in [0.2, 0.25) is 0 Å². The SMILES string of the molecule is CC(C)N(C(=O)c1c(OCc2ccccc2)cc(Cl)cc1C(O)CNC(=O)OC(C)(C)C)C(C)C. The second kappa shape index (κ2) is 12.3. The minimum atomic E-state index is -1.22. The van der Waals surface area contributed by atoms with Crippen LogP contribution in [0, 0.1) is 0 Å². The van der Waals surface area contributed by atoms with E-state index in [0.29, 0.717) is 5.02 Å². The van der Waals surface area contributed by atoms with Crippen molar-refractivity contribution in [3.05, 3.63) is 64.2 Å². The average Bonchev–Trinajstić information content (AvgIpc) is 2.74. The Morgan fingerprint density at radius 3 is 2.20 bits per heavy atom. The highest BCUT2D eigenvalue weighted by Gasteiger charge is 2.30. The van der Waals surface area contributed by atoms with E-state index in [9.17, 15) is 14.7 Å². The minimum absolute atomic E-state index is 0.0926. The van der Waals surface area contributed by atoms with E-state index in [1.165, 1.54) is 6.07 Å². The van der Waals surface area contributed by atoms with Gasteiger partial charge >= 0.3 is 6.09 Å². The number of aliphatic hydroxyl groups is 1. The molecule has 1 unspecified atom stereocenters. The monoisotopic (exact) mass is 504 g/mol. The lowest BCUT2D eigenvalue weighted by Gasteiger charge is -2.32. The van der Waals surface area contributed by atoms with E-state index in [0.717, 1.165) is 5.56 Å². The van der Waals surface area contributed by atoms with E-state index in [1.807, 2.05) is 58.0 Å². The summed E-state index contributed by atoms with van der Waals surface area (Å²) in [4.78, 5) is 27.6. The van der Waals surface area contributed by atoms with Gasteiger partial charge in [-0.15, -0.1) is 0 Å². The Morgan fingerprint density at radius 2 is 1.66 bits per heavy atom. The Bertz CT molecular complexity index is 995. The van der Waals surface area contributed by atoms with Crippen molar-refractivity contribution < 1.29 is 24.2 Å². The molecule has 0 spiro atoms. The zero-order valence-electron chi connectivity index (χ0n) is 21.6. The highest BCUT2D eigenvalue weighted by atomic mass is 35.5. The fourth-order valence-electron chi connectivity index (χ4n) is 3.74. The van der Waals surface area contributed by atoms with E-state index in [1.54, 1.807) is 31.7 Å². The minimum Gasteiger partial charge on any atom is -0.488 e. The summed E-state index contributed by atoms with van der Waals surface area (Å²) < 4.78 is 11.3. The van der Waals surface area contributed by atoms with Gasteiger partial charge in [0.15, 0.2) is 0 Å². The second-order valence-electron chi connectivity index (χ2n) is 9.94. The van der Waals surface area contributed by atoms with Gasteiger partial charge in [0.25, 0.3) is 5.91 Å². The predicted octanol–water partition coefficient (Wildman–Crippen LogP) is 5.74. The van der Waals surface area contributed by atoms with E-state index in [4.69, 9.17) is 21.1 Å². The topological polar surface area (TPSA) is 88.1 Å². The summed E-state index contributed by atoms with van der Waals surface area (Å²) >= 11 is 6.38. The molecule has 2 amide bonds. The van der Waals surface area contributed by atoms with Crippen molar-refractivity contribution in [2.45, 2.75) is 78.9 Å². The summed E-state index contributed by atoms with van der Waals surface area (Å²) in [5.74, 6) is -0.0231. The van der Waals surface area contributed by atoms with Gasteiger partial charge in [-0.1, -0.05) is 41.9 Å². The molecule has 7 nitrogen and oxygen atoms in total. The molecule has 0 aliphatic heterocycles. The predicted molar refractivity (Wildman–Crippen MR) is 138 cm³/mol. The third-order valence-corrected chi connectivity index (χ3v) is 5.31. The van der Waals surface area contributed by atoms with Gasteiger partial charge < -0.3 is 24.8 Å². The molecular weight excluding hydrogens is 468 g/mol. The number of benzene rings is 2. The number of alkyl carbamates (subject to hydrolysis) is 1. The van der Waals surface area contributed by atoms with Crippen molar-refractivity contribution in [3.8, 4) is 5.75 Å². The molecule has 0 saturated heterocycles. The highest BCUT2D eigenvalue weighted by molar-refractivity contribution is 6.31. The van der Waals surface area contributed by atoms with Crippen molar-refractivity contribution in [2.75, 3.05) is 6.54 Å². The van der Waals surface area contributed by atoms with Gasteiger partial charge in [-0.3, -0.25) is 4.79 Å². The van der Waals surface area contributed by atoms with Gasteiger partial charge in [-0.25, -0.2) is 4.79 Å². The Morgan fingerprint density at radius 1 is 1.06 bits per heavy atom. The molecule has 0 saturated carbocycles. The van der Waals surface area contributed by atoms with Crippen LogP contribution in [0.25, 0.3) is 0 Å². The summed E-state index contributed by atoms with van der Waals surface area (Å²) in [5.41, 5.74) is 0.725. The van der Waals surface area contributed by atoms with E-state index >= 15 is 0 Å². The fraction of sp³-hybridized carbons (Fsp3) is 0.481. The molecule has 1 atom stereocenters. The zero-order valence-corrected chi connectivity index (χ0v) is 22.3. The quantitative estimate of drug-likeness (QED) is 0.455. The van der Waals surface area contributed by atoms with Crippen LogP contribution in [0.4, 0.5) is 4.79 Å². The van der Waals surface area contributed by atoms with Crippen molar-refractivity contribution in [1.82, 2.24) is 10.2 Å². The van der Waals surface area contributed by atoms with Crippen LogP contribution < -0.4 is 10.1 Å². The first-order valence-corrected chi connectivity index (χ1v) is 12.2. The Kier molecular flexibility index (Phi) is 9.98. The van der Waals surface area contributed by atoms with E-state index in [2.05, 4.69) is 5.32 Å². The summed E-state index contributed by atoms with van der Waals surface area (Å²) in [6.07, 6.45) is -1.89. The Balaban J connectivity index is 2.46. The third kappa shape index (κ3) is 8.44. The molecule has 2 aromatic rings. The zero-order chi connectivity index (χ0) is 26.3. The van der Waals surface area contributed by atoms with Crippen LogP contribution in [-0.4, -0.2) is 46.2 Å². The number of carbonyl (C=O) groups excluding carboxylic acids is 2. The van der Waals surface area contributed by atoms with Crippen molar-refractivity contribution in [2.24, 2.45) is 0 Å². The number of rotatable bonds is 9. The van der Waals surface area contributed by atoms with Gasteiger partial charge in [0.1, 0.15) is 18.0 Å². The number of halogens is 1. The smallest absolute Gasteiger partial charge is 0.407 e. The van der Waals surface area contributed by atoms with Crippen molar-refractivity contribution in [3.63, 3.8) is 0 Å². The molecule has 2 aromatic carbocycles. The summed E-state index contributed by atoms with van der Waals surface area (Å²) in [7, 11) is 0. The van der Waals surface area contributed by atoms with Crippen LogP contribution in [0.15, 0.2) is 42.5 Å². The van der Waals surface area contributed by atoms with Crippen LogP contribution >= 0.6 is 11.6 Å². The lowest BCUT2D eigenvalue weighted by atomic mass is 9.98. The molecule has 0 heterocycles. The maximum absolute atomic E-state index is 13.8. The summed E-state index contributed by atoms with van der Waals surface area (Å²) in [6, 6.07) is 12.5. The summed E-state index contributed by atoms with van der Waals surface area (Å²) in [5, 5.41) is 13.9. The van der Waals surface area contributed by atoms with Crippen molar-refractivity contribution >= 4 is 23.6 Å². The number of hydrogen-bond donors (Lipinski definition) is 2. The number of nitrogens with zero attached hydrogens (tertiary/aromatic N) is 1. The molecule has 35 heavy (non-hydrogen) atoms. The van der Waals surface area contributed by atoms with Gasteiger partial charge in [0.05, 0.1) is 18.2 Å². The standard InChI is InChI=1S/C27H37ClN2O5/c1-17(2)30(18(3)4)25(32)24-21(22(31)15-29-26(33)35-27(5,6)7)13-20(28)14-23(24)34-16-19-11-9-8-10-12-19/h8-14,17-18,22,31H,15-16H2,1-7H3,(H,29,33). The molecule has 0 aromatic heterocycles. The molecule has 0 fully saturated rings. The number of carbonyl (C=O) groups is 2. The second-order valence-corrected chi connectivity index (χ2v) is 10.4. The third-order valence-electron chi connectivity index (χ3n) is 5.09. The average molecular weight is 505 g/mol.